The molecular weight excluding hydrogens is 198 g/mol. The predicted molar refractivity (Wildman–Crippen MR) is 65.5 cm³/mol. The van der Waals surface area contributed by atoms with Crippen LogP contribution in [0.3, 0.4) is 0 Å². The minimum absolute atomic E-state index is 0.577. The van der Waals surface area contributed by atoms with E-state index >= 15 is 0 Å². The Bertz CT molecular complexity index is 330. The fraction of sp³-hybridized carbons (Fsp3) is 0.692. The van der Waals surface area contributed by atoms with Crippen LogP contribution in [0.15, 0.2) is 12.3 Å². The highest BCUT2D eigenvalue weighted by atomic mass is 15.1. The number of aromatic nitrogens is 2. The van der Waals surface area contributed by atoms with E-state index in [1.807, 2.05) is 12.3 Å². The molecule has 3 nitrogen and oxygen atoms in total. The molecule has 88 valence electrons. The zero-order valence-corrected chi connectivity index (χ0v) is 10.3. The average molecular weight is 219 g/mol. The second-order valence-corrected chi connectivity index (χ2v) is 4.73. The van der Waals surface area contributed by atoms with Gasteiger partial charge in [-0.2, -0.15) is 0 Å². The predicted octanol–water partition coefficient (Wildman–Crippen LogP) is 2.24. The summed E-state index contributed by atoms with van der Waals surface area (Å²) in [5.74, 6) is 1.65. The van der Waals surface area contributed by atoms with E-state index in [1.54, 1.807) is 0 Å². The maximum atomic E-state index is 4.68. The largest absolute Gasteiger partial charge is 0.306 e. The van der Waals surface area contributed by atoms with Gasteiger partial charge >= 0.3 is 0 Å². The molecule has 0 N–H and O–H groups in total. The first-order valence-corrected chi connectivity index (χ1v) is 6.30. The van der Waals surface area contributed by atoms with Gasteiger partial charge < -0.3 is 4.90 Å². The van der Waals surface area contributed by atoms with Gasteiger partial charge in [-0.25, -0.2) is 9.97 Å². The molecule has 0 atom stereocenters. The van der Waals surface area contributed by atoms with Crippen molar-refractivity contribution in [1.29, 1.82) is 0 Å². The number of piperidine rings is 1. The van der Waals surface area contributed by atoms with E-state index in [1.165, 1.54) is 31.6 Å². The summed E-state index contributed by atoms with van der Waals surface area (Å²) in [6.07, 6.45) is 6.55. The van der Waals surface area contributed by atoms with Crippen LogP contribution < -0.4 is 0 Å². The lowest BCUT2D eigenvalue weighted by Crippen LogP contribution is -2.30. The summed E-state index contributed by atoms with van der Waals surface area (Å²) in [5.41, 5.74) is 1.20. The molecule has 2 heterocycles. The molecule has 3 heteroatoms. The van der Waals surface area contributed by atoms with Crippen LogP contribution in [0.4, 0.5) is 0 Å². The molecule has 1 saturated heterocycles. The zero-order chi connectivity index (χ0) is 11.4. The average Bonchev–Trinajstić information content (AvgIpc) is 2.31. The van der Waals surface area contributed by atoms with Crippen molar-refractivity contribution < 1.29 is 0 Å². The SMILES string of the molecule is CCCc1ccnc(C2CCN(C)CC2)n1. The van der Waals surface area contributed by atoms with Crippen LogP contribution >= 0.6 is 0 Å². The fourth-order valence-corrected chi connectivity index (χ4v) is 2.27. The lowest BCUT2D eigenvalue weighted by molar-refractivity contribution is 0.251. The van der Waals surface area contributed by atoms with E-state index in [-0.39, 0.29) is 0 Å². The Morgan fingerprint density at radius 2 is 2.12 bits per heavy atom. The van der Waals surface area contributed by atoms with Gasteiger partial charge in [-0.1, -0.05) is 13.3 Å². The minimum Gasteiger partial charge on any atom is -0.306 e. The minimum atomic E-state index is 0.577. The van der Waals surface area contributed by atoms with E-state index in [4.69, 9.17) is 0 Å². The molecule has 1 aliphatic heterocycles. The fourth-order valence-electron chi connectivity index (χ4n) is 2.27. The summed E-state index contributed by atoms with van der Waals surface area (Å²) in [7, 11) is 2.19. The standard InChI is InChI=1S/C13H21N3/c1-3-4-12-5-8-14-13(15-12)11-6-9-16(2)10-7-11/h5,8,11H,3-4,6-7,9-10H2,1-2H3. The first-order chi connectivity index (χ1) is 7.79. The van der Waals surface area contributed by atoms with Crippen molar-refractivity contribution in [3.8, 4) is 0 Å². The first kappa shape index (κ1) is 11.5. The van der Waals surface area contributed by atoms with E-state index < -0.39 is 0 Å². The summed E-state index contributed by atoms with van der Waals surface area (Å²) in [6.45, 7) is 4.54. The van der Waals surface area contributed by atoms with E-state index in [2.05, 4.69) is 28.8 Å². The second kappa shape index (κ2) is 5.39. The highest BCUT2D eigenvalue weighted by Gasteiger charge is 2.20. The third-order valence-electron chi connectivity index (χ3n) is 3.32. The maximum absolute atomic E-state index is 4.68. The Morgan fingerprint density at radius 3 is 2.81 bits per heavy atom. The molecular formula is C13H21N3. The topological polar surface area (TPSA) is 29.0 Å². The molecule has 0 bridgehead atoms. The summed E-state index contributed by atoms with van der Waals surface area (Å²) in [5, 5.41) is 0. The van der Waals surface area contributed by atoms with Crippen LogP contribution in [-0.4, -0.2) is 35.0 Å². The summed E-state index contributed by atoms with van der Waals surface area (Å²) in [4.78, 5) is 11.5. The lowest BCUT2D eigenvalue weighted by Gasteiger charge is -2.27. The molecule has 0 radical (unpaired) electrons. The highest BCUT2D eigenvalue weighted by Crippen LogP contribution is 2.24. The Kier molecular flexibility index (Phi) is 3.88. The molecule has 0 aromatic carbocycles. The van der Waals surface area contributed by atoms with E-state index in [0.29, 0.717) is 5.92 Å². The lowest BCUT2D eigenvalue weighted by atomic mass is 9.96. The molecule has 16 heavy (non-hydrogen) atoms. The number of likely N-dealkylation sites (tertiary alicyclic amines) is 1. The van der Waals surface area contributed by atoms with E-state index in [9.17, 15) is 0 Å². The van der Waals surface area contributed by atoms with Gasteiger partial charge in [0.25, 0.3) is 0 Å². The smallest absolute Gasteiger partial charge is 0.131 e. The van der Waals surface area contributed by atoms with Crippen LogP contribution in [0.1, 0.15) is 43.6 Å². The van der Waals surface area contributed by atoms with Crippen molar-refractivity contribution in [2.45, 2.75) is 38.5 Å². The Labute approximate surface area is 97.9 Å². The van der Waals surface area contributed by atoms with Crippen LogP contribution in [-0.2, 0) is 6.42 Å². The summed E-state index contributed by atoms with van der Waals surface area (Å²) >= 11 is 0. The molecule has 0 unspecified atom stereocenters. The van der Waals surface area contributed by atoms with Crippen LogP contribution in [0.2, 0.25) is 0 Å². The van der Waals surface area contributed by atoms with E-state index in [0.717, 1.165) is 18.7 Å². The van der Waals surface area contributed by atoms with Crippen molar-refractivity contribution in [1.82, 2.24) is 14.9 Å². The van der Waals surface area contributed by atoms with Crippen molar-refractivity contribution in [2.24, 2.45) is 0 Å². The van der Waals surface area contributed by atoms with Gasteiger partial charge in [-0.05, 0) is 45.5 Å². The Morgan fingerprint density at radius 1 is 1.38 bits per heavy atom. The third kappa shape index (κ3) is 2.79. The molecule has 0 aliphatic carbocycles. The van der Waals surface area contributed by atoms with Crippen LogP contribution in [0.25, 0.3) is 0 Å². The van der Waals surface area contributed by atoms with Gasteiger partial charge in [0.05, 0.1) is 0 Å². The monoisotopic (exact) mass is 219 g/mol. The van der Waals surface area contributed by atoms with Crippen molar-refractivity contribution in [2.75, 3.05) is 20.1 Å². The number of hydrogen-bond acceptors (Lipinski definition) is 3. The summed E-state index contributed by atoms with van der Waals surface area (Å²) < 4.78 is 0. The molecule has 1 fully saturated rings. The van der Waals surface area contributed by atoms with Crippen LogP contribution in [0, 0.1) is 0 Å². The Balaban J connectivity index is 2.05. The number of hydrogen-bond donors (Lipinski definition) is 0. The zero-order valence-electron chi connectivity index (χ0n) is 10.3. The third-order valence-corrected chi connectivity index (χ3v) is 3.32. The highest BCUT2D eigenvalue weighted by molar-refractivity contribution is 5.06. The molecule has 1 aliphatic rings. The maximum Gasteiger partial charge on any atom is 0.131 e. The van der Waals surface area contributed by atoms with Gasteiger partial charge in [0.1, 0.15) is 5.82 Å². The van der Waals surface area contributed by atoms with Gasteiger partial charge in [-0.3, -0.25) is 0 Å². The molecule has 1 aromatic heterocycles. The van der Waals surface area contributed by atoms with Gasteiger partial charge in [0.15, 0.2) is 0 Å². The Hall–Kier alpha value is -0.960. The van der Waals surface area contributed by atoms with Crippen molar-refractivity contribution in [3.05, 3.63) is 23.8 Å². The second-order valence-electron chi connectivity index (χ2n) is 4.73. The van der Waals surface area contributed by atoms with Crippen molar-refractivity contribution >= 4 is 0 Å². The van der Waals surface area contributed by atoms with Gasteiger partial charge in [-0.15, -0.1) is 0 Å². The van der Waals surface area contributed by atoms with Gasteiger partial charge in [0.2, 0.25) is 0 Å². The number of rotatable bonds is 3. The molecule has 0 amide bonds. The molecule has 0 saturated carbocycles. The number of aryl methyl sites for hydroxylation is 1. The quantitative estimate of drug-likeness (QED) is 0.780. The molecule has 0 spiro atoms. The van der Waals surface area contributed by atoms with Crippen LogP contribution in [0.5, 0.6) is 0 Å². The molecule has 2 rings (SSSR count). The summed E-state index contributed by atoms with van der Waals surface area (Å²) in [6, 6.07) is 2.04. The van der Waals surface area contributed by atoms with Crippen molar-refractivity contribution in [3.63, 3.8) is 0 Å². The number of nitrogens with zero attached hydrogens (tertiary/aromatic N) is 3. The first-order valence-electron chi connectivity index (χ1n) is 6.30. The molecule has 1 aromatic rings. The normalized spacial score (nSPS) is 18.9. The van der Waals surface area contributed by atoms with Gasteiger partial charge in [0, 0.05) is 17.8 Å².